The lowest BCUT2D eigenvalue weighted by Gasteiger charge is -2.30. The van der Waals surface area contributed by atoms with Crippen molar-refractivity contribution in [3.8, 4) is 11.5 Å². The fourth-order valence-corrected chi connectivity index (χ4v) is 2.84. The molecule has 3 rings (SSSR count). The van der Waals surface area contributed by atoms with Gasteiger partial charge in [0, 0.05) is 19.6 Å². The van der Waals surface area contributed by atoms with Crippen LogP contribution in [-0.4, -0.2) is 44.6 Å². The maximum absolute atomic E-state index is 12.3. The maximum atomic E-state index is 12.3. The van der Waals surface area contributed by atoms with E-state index in [1.807, 2.05) is 24.3 Å². The molecule has 0 spiro atoms. The van der Waals surface area contributed by atoms with Crippen LogP contribution in [0.2, 0.25) is 0 Å². The van der Waals surface area contributed by atoms with Gasteiger partial charge in [0.25, 0.3) is 0 Å². The average Bonchev–Trinajstić information content (AvgIpc) is 2.68. The van der Waals surface area contributed by atoms with E-state index in [4.69, 9.17) is 9.47 Å². The van der Waals surface area contributed by atoms with E-state index in [1.54, 1.807) is 18.2 Å². The molecule has 1 heterocycles. The molecule has 26 heavy (non-hydrogen) atoms. The van der Waals surface area contributed by atoms with Crippen molar-refractivity contribution in [2.45, 2.75) is 6.54 Å². The molecule has 138 valence electrons. The highest BCUT2D eigenvalue weighted by molar-refractivity contribution is 5.93. The summed E-state index contributed by atoms with van der Waals surface area (Å²) in [6, 6.07) is 12.4. The first-order valence-electron chi connectivity index (χ1n) is 8.50. The molecule has 7 heteroatoms. The number of morpholine rings is 1. The summed E-state index contributed by atoms with van der Waals surface area (Å²) in [6.07, 6.45) is 0. The van der Waals surface area contributed by atoms with Gasteiger partial charge >= 0.3 is 6.03 Å². The van der Waals surface area contributed by atoms with Crippen LogP contribution in [0.25, 0.3) is 0 Å². The standard InChI is InChI=1S/C19H23N3O4/c1-25-18-12-14(6-7-17(18)23)13-20-19(24)21-15-4-2-3-5-16(15)22-8-10-26-11-9-22/h2-7,12,23H,8-11,13H2,1H3,(H2,20,21,24). The van der Waals surface area contributed by atoms with Gasteiger partial charge in [-0.05, 0) is 29.8 Å². The molecule has 2 amide bonds. The smallest absolute Gasteiger partial charge is 0.319 e. The van der Waals surface area contributed by atoms with Crippen molar-refractivity contribution >= 4 is 17.4 Å². The largest absolute Gasteiger partial charge is 0.504 e. The third-order valence-corrected chi connectivity index (χ3v) is 4.20. The summed E-state index contributed by atoms with van der Waals surface area (Å²) in [5.41, 5.74) is 2.57. The number of carbonyl (C=O) groups is 1. The second kappa shape index (κ2) is 8.44. The Balaban J connectivity index is 1.61. The molecule has 0 atom stereocenters. The van der Waals surface area contributed by atoms with E-state index < -0.39 is 0 Å². The lowest BCUT2D eigenvalue weighted by molar-refractivity contribution is 0.123. The van der Waals surface area contributed by atoms with Crippen molar-refractivity contribution in [1.29, 1.82) is 0 Å². The van der Waals surface area contributed by atoms with Crippen LogP contribution in [0.1, 0.15) is 5.56 Å². The minimum absolute atomic E-state index is 0.0696. The minimum Gasteiger partial charge on any atom is -0.504 e. The number of hydrogen-bond acceptors (Lipinski definition) is 5. The summed E-state index contributed by atoms with van der Waals surface area (Å²) in [4.78, 5) is 14.5. The summed E-state index contributed by atoms with van der Waals surface area (Å²) >= 11 is 0. The molecule has 0 aromatic heterocycles. The first-order valence-corrected chi connectivity index (χ1v) is 8.50. The van der Waals surface area contributed by atoms with E-state index in [1.165, 1.54) is 7.11 Å². The number of nitrogens with zero attached hydrogens (tertiary/aromatic N) is 1. The predicted octanol–water partition coefficient (Wildman–Crippen LogP) is 2.56. The molecule has 2 aromatic rings. The van der Waals surface area contributed by atoms with Crippen molar-refractivity contribution in [2.24, 2.45) is 0 Å². The average molecular weight is 357 g/mol. The van der Waals surface area contributed by atoms with Gasteiger partial charge in [0.1, 0.15) is 0 Å². The number of benzene rings is 2. The van der Waals surface area contributed by atoms with Crippen LogP contribution < -0.4 is 20.3 Å². The Morgan fingerprint density at radius 3 is 2.77 bits per heavy atom. The van der Waals surface area contributed by atoms with E-state index >= 15 is 0 Å². The van der Waals surface area contributed by atoms with Gasteiger partial charge in [-0.2, -0.15) is 0 Å². The first-order chi connectivity index (χ1) is 12.7. The monoisotopic (exact) mass is 357 g/mol. The van der Waals surface area contributed by atoms with Crippen LogP contribution in [0.15, 0.2) is 42.5 Å². The minimum atomic E-state index is -0.294. The van der Waals surface area contributed by atoms with Gasteiger partial charge in [0.2, 0.25) is 0 Å². The van der Waals surface area contributed by atoms with Crippen LogP contribution in [0.5, 0.6) is 11.5 Å². The Labute approximate surface area is 152 Å². The second-order valence-electron chi connectivity index (χ2n) is 5.93. The highest BCUT2D eigenvalue weighted by Crippen LogP contribution is 2.27. The third kappa shape index (κ3) is 4.37. The van der Waals surface area contributed by atoms with Gasteiger partial charge < -0.3 is 30.1 Å². The predicted molar refractivity (Wildman–Crippen MR) is 100.0 cm³/mol. The molecule has 3 N–H and O–H groups in total. The van der Waals surface area contributed by atoms with Crippen molar-refractivity contribution in [1.82, 2.24) is 5.32 Å². The maximum Gasteiger partial charge on any atom is 0.319 e. The number of phenolic OH excluding ortho intramolecular Hbond substituents is 1. The zero-order valence-corrected chi connectivity index (χ0v) is 14.7. The number of aromatic hydroxyl groups is 1. The Kier molecular flexibility index (Phi) is 5.80. The van der Waals surface area contributed by atoms with E-state index in [-0.39, 0.29) is 11.8 Å². The number of phenols is 1. The normalized spacial score (nSPS) is 14.0. The van der Waals surface area contributed by atoms with Crippen molar-refractivity contribution < 1.29 is 19.4 Å². The number of anilines is 2. The fourth-order valence-electron chi connectivity index (χ4n) is 2.84. The first kappa shape index (κ1) is 17.9. The molecule has 0 radical (unpaired) electrons. The molecular weight excluding hydrogens is 334 g/mol. The van der Waals surface area contributed by atoms with Gasteiger partial charge in [-0.3, -0.25) is 0 Å². The number of methoxy groups -OCH3 is 1. The number of hydrogen-bond donors (Lipinski definition) is 3. The SMILES string of the molecule is COc1cc(CNC(=O)Nc2ccccc2N2CCOCC2)ccc1O. The Morgan fingerprint density at radius 1 is 1.23 bits per heavy atom. The lowest BCUT2D eigenvalue weighted by atomic mass is 10.2. The molecular formula is C19H23N3O4. The van der Waals surface area contributed by atoms with Crippen molar-refractivity contribution in [3.63, 3.8) is 0 Å². The Bertz CT molecular complexity index is 760. The van der Waals surface area contributed by atoms with Crippen LogP contribution in [0.3, 0.4) is 0 Å². The van der Waals surface area contributed by atoms with Crippen LogP contribution in [0, 0.1) is 0 Å². The summed E-state index contributed by atoms with van der Waals surface area (Å²) in [6.45, 7) is 3.29. The number of para-hydroxylation sites is 2. The van der Waals surface area contributed by atoms with E-state index in [0.29, 0.717) is 25.5 Å². The van der Waals surface area contributed by atoms with E-state index in [0.717, 1.165) is 30.0 Å². The van der Waals surface area contributed by atoms with Gasteiger partial charge in [0.15, 0.2) is 11.5 Å². The molecule has 0 unspecified atom stereocenters. The summed E-state index contributed by atoms with van der Waals surface area (Å²) in [5.74, 6) is 0.447. The highest BCUT2D eigenvalue weighted by atomic mass is 16.5. The summed E-state index contributed by atoms with van der Waals surface area (Å²) < 4.78 is 10.5. The van der Waals surface area contributed by atoms with Gasteiger partial charge in [0.05, 0.1) is 31.7 Å². The summed E-state index contributed by atoms with van der Waals surface area (Å²) in [7, 11) is 1.49. The molecule has 1 aliphatic heterocycles. The number of amides is 2. The molecule has 1 saturated heterocycles. The second-order valence-corrected chi connectivity index (χ2v) is 5.93. The van der Waals surface area contributed by atoms with E-state index in [9.17, 15) is 9.90 Å². The highest BCUT2D eigenvalue weighted by Gasteiger charge is 2.15. The van der Waals surface area contributed by atoms with Crippen molar-refractivity contribution in [3.05, 3.63) is 48.0 Å². The summed E-state index contributed by atoms with van der Waals surface area (Å²) in [5, 5.41) is 15.3. The molecule has 2 aromatic carbocycles. The molecule has 1 fully saturated rings. The number of urea groups is 1. The lowest BCUT2D eigenvalue weighted by Crippen LogP contribution is -2.37. The van der Waals surface area contributed by atoms with Crippen LogP contribution in [-0.2, 0) is 11.3 Å². The Hall–Kier alpha value is -2.93. The zero-order valence-electron chi connectivity index (χ0n) is 14.7. The molecule has 0 saturated carbocycles. The quantitative estimate of drug-likeness (QED) is 0.766. The molecule has 1 aliphatic rings. The Morgan fingerprint density at radius 2 is 2.00 bits per heavy atom. The number of ether oxygens (including phenoxy) is 2. The van der Waals surface area contributed by atoms with Crippen molar-refractivity contribution in [2.75, 3.05) is 43.6 Å². The molecule has 0 aliphatic carbocycles. The van der Waals surface area contributed by atoms with Crippen LogP contribution >= 0.6 is 0 Å². The van der Waals surface area contributed by atoms with E-state index in [2.05, 4.69) is 15.5 Å². The fraction of sp³-hybridized carbons (Fsp3) is 0.316. The zero-order chi connectivity index (χ0) is 18.4. The number of rotatable bonds is 5. The molecule has 7 nitrogen and oxygen atoms in total. The van der Waals surface area contributed by atoms with Gasteiger partial charge in [-0.1, -0.05) is 18.2 Å². The van der Waals surface area contributed by atoms with Gasteiger partial charge in [-0.15, -0.1) is 0 Å². The number of carbonyl (C=O) groups excluding carboxylic acids is 1. The van der Waals surface area contributed by atoms with Crippen LogP contribution in [0.4, 0.5) is 16.2 Å². The topological polar surface area (TPSA) is 83.1 Å². The molecule has 0 bridgehead atoms. The third-order valence-electron chi connectivity index (χ3n) is 4.20. The van der Waals surface area contributed by atoms with Gasteiger partial charge in [-0.25, -0.2) is 4.79 Å². The number of nitrogens with one attached hydrogen (secondary N) is 2.